The molecule has 3 atom stereocenters. The summed E-state index contributed by atoms with van der Waals surface area (Å²) in [6.07, 6.45) is 0. The second-order valence-corrected chi connectivity index (χ2v) is 10.1. The zero-order valence-corrected chi connectivity index (χ0v) is 23.3. The van der Waals surface area contributed by atoms with Crippen molar-refractivity contribution in [2.45, 2.75) is 24.9 Å². The van der Waals surface area contributed by atoms with Gasteiger partial charge in [0.15, 0.2) is 11.6 Å². The Morgan fingerprint density at radius 2 is 1.69 bits per heavy atom. The summed E-state index contributed by atoms with van der Waals surface area (Å²) in [6, 6.07) is 14.3. The molecule has 1 heterocycles. The number of benzene rings is 3. The standard InChI is InChI=1S/C28H26F2IN3O5/c1-16(17-6-4-3-5-7-17)25(26(35)32-24-21(29)14-19(31)15-22(24)30)34-27(36)23(33-28(34)37)18-8-10-20(11-9-18)39-13-12-38-2/h3-11,14-16,23,25H,12-13H2,1-2H3,(H,32,35)(H,33,37)/t16?,23-,25?/m1/s1. The normalized spacial score (nSPS) is 16.5. The van der Waals surface area contributed by atoms with Crippen LogP contribution in [0.1, 0.15) is 30.0 Å². The van der Waals surface area contributed by atoms with Gasteiger partial charge < -0.3 is 20.1 Å². The number of halogens is 3. The summed E-state index contributed by atoms with van der Waals surface area (Å²) in [5.41, 5.74) is 0.484. The predicted octanol–water partition coefficient (Wildman–Crippen LogP) is 5.00. The molecule has 3 aromatic carbocycles. The molecule has 0 bridgehead atoms. The number of ether oxygens (including phenoxy) is 2. The average Bonchev–Trinajstić information content (AvgIpc) is 3.21. The number of amides is 4. The molecule has 4 rings (SSSR count). The highest BCUT2D eigenvalue weighted by Crippen LogP contribution is 2.32. The SMILES string of the molecule is COCCOc1ccc([C@H]2NC(=O)N(C(C(=O)Nc3c(F)cc(I)cc3F)C(C)c3ccccc3)C2=O)cc1. The fourth-order valence-corrected chi connectivity index (χ4v) is 4.89. The van der Waals surface area contributed by atoms with E-state index in [1.807, 2.05) is 0 Å². The van der Waals surface area contributed by atoms with Crippen molar-refractivity contribution < 1.29 is 32.6 Å². The quantitative estimate of drug-likeness (QED) is 0.183. The average molecular weight is 649 g/mol. The first-order chi connectivity index (χ1) is 18.7. The van der Waals surface area contributed by atoms with Crippen LogP contribution in [-0.2, 0) is 14.3 Å². The van der Waals surface area contributed by atoms with Gasteiger partial charge in [0.2, 0.25) is 5.91 Å². The Labute approximate surface area is 237 Å². The topological polar surface area (TPSA) is 97.0 Å². The highest BCUT2D eigenvalue weighted by Gasteiger charge is 2.47. The van der Waals surface area contributed by atoms with E-state index in [1.165, 1.54) is 0 Å². The molecule has 11 heteroatoms. The monoisotopic (exact) mass is 649 g/mol. The largest absolute Gasteiger partial charge is 0.491 e. The van der Waals surface area contributed by atoms with E-state index in [-0.39, 0.29) is 0 Å². The molecule has 1 saturated heterocycles. The molecule has 1 aliphatic heterocycles. The zero-order valence-electron chi connectivity index (χ0n) is 21.1. The summed E-state index contributed by atoms with van der Waals surface area (Å²) >= 11 is 1.76. The lowest BCUT2D eigenvalue weighted by Crippen LogP contribution is -2.50. The van der Waals surface area contributed by atoms with Gasteiger partial charge in [0.05, 0.1) is 6.61 Å². The molecule has 204 valence electrons. The molecule has 1 aliphatic rings. The van der Waals surface area contributed by atoms with Crippen molar-refractivity contribution in [3.05, 3.63) is 93.1 Å². The summed E-state index contributed by atoms with van der Waals surface area (Å²) in [6.45, 7) is 2.42. The Balaban J connectivity index is 1.64. The number of carbonyl (C=O) groups is 3. The highest BCUT2D eigenvalue weighted by molar-refractivity contribution is 14.1. The number of methoxy groups -OCH3 is 1. The molecule has 1 fully saturated rings. The van der Waals surface area contributed by atoms with Crippen molar-refractivity contribution in [2.75, 3.05) is 25.6 Å². The number of nitrogens with zero attached hydrogens (tertiary/aromatic N) is 1. The van der Waals surface area contributed by atoms with Gasteiger partial charge in [-0.1, -0.05) is 49.4 Å². The van der Waals surface area contributed by atoms with Crippen molar-refractivity contribution in [1.82, 2.24) is 10.2 Å². The molecule has 8 nitrogen and oxygen atoms in total. The molecular formula is C28H26F2IN3O5. The Kier molecular flexibility index (Phi) is 9.12. The Bertz CT molecular complexity index is 1330. The summed E-state index contributed by atoms with van der Waals surface area (Å²) in [5.74, 6) is -3.66. The van der Waals surface area contributed by atoms with E-state index in [0.717, 1.165) is 17.0 Å². The van der Waals surface area contributed by atoms with Gasteiger partial charge in [0.1, 0.15) is 30.1 Å². The number of rotatable bonds is 10. The third kappa shape index (κ3) is 6.36. The van der Waals surface area contributed by atoms with Crippen molar-refractivity contribution in [3.63, 3.8) is 0 Å². The zero-order chi connectivity index (χ0) is 28.1. The number of urea groups is 1. The van der Waals surface area contributed by atoms with E-state index < -0.39 is 53.2 Å². The third-order valence-electron chi connectivity index (χ3n) is 6.34. The summed E-state index contributed by atoms with van der Waals surface area (Å²) < 4.78 is 39.9. The van der Waals surface area contributed by atoms with E-state index in [2.05, 4.69) is 10.6 Å². The molecule has 0 aromatic heterocycles. The fourth-order valence-electron chi connectivity index (χ4n) is 4.35. The maximum Gasteiger partial charge on any atom is 0.325 e. The maximum atomic E-state index is 14.6. The van der Waals surface area contributed by atoms with Gasteiger partial charge >= 0.3 is 6.03 Å². The van der Waals surface area contributed by atoms with Crippen LogP contribution in [0, 0.1) is 15.2 Å². The minimum absolute atomic E-state index is 0.307. The van der Waals surface area contributed by atoms with Gasteiger partial charge in [-0.25, -0.2) is 18.5 Å². The second kappa shape index (κ2) is 12.5. The van der Waals surface area contributed by atoms with Crippen LogP contribution in [-0.4, -0.2) is 49.1 Å². The predicted molar refractivity (Wildman–Crippen MR) is 148 cm³/mol. The molecule has 3 aromatic rings. The van der Waals surface area contributed by atoms with Gasteiger partial charge in [-0.05, 0) is 58.0 Å². The van der Waals surface area contributed by atoms with Gasteiger partial charge in [0.25, 0.3) is 5.91 Å². The van der Waals surface area contributed by atoms with Crippen LogP contribution < -0.4 is 15.4 Å². The van der Waals surface area contributed by atoms with Crippen molar-refractivity contribution in [2.24, 2.45) is 0 Å². The van der Waals surface area contributed by atoms with Gasteiger partial charge in [0, 0.05) is 16.6 Å². The van der Waals surface area contributed by atoms with Crippen LogP contribution in [0.5, 0.6) is 5.75 Å². The first-order valence-corrected chi connectivity index (χ1v) is 13.1. The molecule has 0 saturated carbocycles. The number of nitrogens with one attached hydrogen (secondary N) is 2. The molecule has 0 radical (unpaired) electrons. The number of hydrogen-bond donors (Lipinski definition) is 2. The number of anilines is 1. The first-order valence-electron chi connectivity index (χ1n) is 12.1. The van der Waals surface area contributed by atoms with E-state index in [4.69, 9.17) is 9.47 Å². The Morgan fingerprint density at radius 1 is 1.05 bits per heavy atom. The van der Waals surface area contributed by atoms with Gasteiger partial charge in [-0.2, -0.15) is 0 Å². The highest BCUT2D eigenvalue weighted by atomic mass is 127. The van der Waals surface area contributed by atoms with Crippen LogP contribution in [0.4, 0.5) is 19.3 Å². The van der Waals surface area contributed by atoms with Crippen LogP contribution >= 0.6 is 22.6 Å². The summed E-state index contributed by atoms with van der Waals surface area (Å²) in [7, 11) is 1.56. The van der Waals surface area contributed by atoms with Crippen molar-refractivity contribution in [1.29, 1.82) is 0 Å². The summed E-state index contributed by atoms with van der Waals surface area (Å²) in [5, 5.41) is 4.89. The molecular weight excluding hydrogens is 623 g/mol. The van der Waals surface area contributed by atoms with Crippen LogP contribution in [0.25, 0.3) is 0 Å². The van der Waals surface area contributed by atoms with Gasteiger partial charge in [-0.3, -0.25) is 9.59 Å². The molecule has 2 N–H and O–H groups in total. The molecule has 39 heavy (non-hydrogen) atoms. The lowest BCUT2D eigenvalue weighted by atomic mass is 9.91. The third-order valence-corrected chi connectivity index (χ3v) is 6.96. The Morgan fingerprint density at radius 3 is 2.31 bits per heavy atom. The van der Waals surface area contributed by atoms with Gasteiger partial charge in [-0.15, -0.1) is 0 Å². The van der Waals surface area contributed by atoms with Crippen LogP contribution in [0.2, 0.25) is 0 Å². The summed E-state index contributed by atoms with van der Waals surface area (Å²) in [4.78, 5) is 41.1. The maximum absolute atomic E-state index is 14.6. The molecule has 0 spiro atoms. The first kappa shape index (κ1) is 28.4. The smallest absolute Gasteiger partial charge is 0.325 e. The van der Waals surface area contributed by atoms with Crippen molar-refractivity contribution >= 4 is 46.1 Å². The van der Waals surface area contributed by atoms with E-state index in [0.29, 0.717) is 33.7 Å². The lowest BCUT2D eigenvalue weighted by Gasteiger charge is -2.30. The molecule has 2 unspecified atom stereocenters. The lowest BCUT2D eigenvalue weighted by molar-refractivity contribution is -0.134. The molecule has 0 aliphatic carbocycles. The number of imide groups is 1. The minimum atomic E-state index is -1.40. The van der Waals surface area contributed by atoms with Crippen molar-refractivity contribution in [3.8, 4) is 5.75 Å². The minimum Gasteiger partial charge on any atom is -0.491 e. The fraction of sp³-hybridized carbons (Fsp3) is 0.250. The Hall–Kier alpha value is -3.58. The van der Waals surface area contributed by atoms with E-state index >= 15 is 0 Å². The van der Waals surface area contributed by atoms with E-state index in [1.54, 1.807) is 91.2 Å². The number of hydrogen-bond acceptors (Lipinski definition) is 5. The van der Waals surface area contributed by atoms with Crippen LogP contribution in [0.3, 0.4) is 0 Å². The van der Waals surface area contributed by atoms with E-state index in [9.17, 15) is 23.2 Å². The second-order valence-electron chi connectivity index (χ2n) is 8.88. The molecule has 4 amide bonds. The van der Waals surface area contributed by atoms with Crippen LogP contribution in [0.15, 0.2) is 66.7 Å². The number of carbonyl (C=O) groups excluding carboxylic acids is 3.